The lowest BCUT2D eigenvalue weighted by Crippen LogP contribution is -2.38. The lowest BCUT2D eigenvalue weighted by Gasteiger charge is -2.26. The standard InChI is InChI=1S/C27H27N3O8S/c1-4-37-25-22(36-2)14-13-19(29-25)21(16-39(3,34)35)30-26(32)18-11-8-12-20(24(18)27(30)33)28-23(31)15-38-17-9-6-5-7-10-17/h5-14,21H,4,15-16H2,1-3H3,(H,28,31). The van der Waals surface area contributed by atoms with E-state index in [4.69, 9.17) is 14.2 Å². The molecule has 1 aliphatic heterocycles. The van der Waals surface area contributed by atoms with E-state index in [2.05, 4.69) is 10.3 Å². The number of pyridine rings is 1. The lowest BCUT2D eigenvalue weighted by molar-refractivity contribution is -0.118. The summed E-state index contributed by atoms with van der Waals surface area (Å²) >= 11 is 0. The number of rotatable bonds is 11. The zero-order valence-corrected chi connectivity index (χ0v) is 22.4. The summed E-state index contributed by atoms with van der Waals surface area (Å²) in [5.41, 5.74) is 0.207. The largest absolute Gasteiger partial charge is 0.491 e. The number of hydrogen-bond donors (Lipinski definition) is 1. The number of ether oxygens (including phenoxy) is 3. The SMILES string of the molecule is CCOc1nc(C(CS(C)(=O)=O)N2C(=O)c3cccc(NC(=O)COc4ccccc4)c3C2=O)ccc1OC. The van der Waals surface area contributed by atoms with Gasteiger partial charge in [0.25, 0.3) is 23.6 Å². The first-order chi connectivity index (χ1) is 18.6. The third-order valence-electron chi connectivity index (χ3n) is 5.80. The molecule has 1 unspecified atom stereocenters. The number of nitrogens with one attached hydrogen (secondary N) is 1. The number of imide groups is 1. The number of nitrogens with zero attached hydrogens (tertiary/aromatic N) is 2. The van der Waals surface area contributed by atoms with Crippen molar-refractivity contribution in [3.05, 3.63) is 77.5 Å². The minimum Gasteiger partial charge on any atom is -0.491 e. The highest BCUT2D eigenvalue weighted by molar-refractivity contribution is 7.90. The van der Waals surface area contributed by atoms with Gasteiger partial charge in [0.15, 0.2) is 12.4 Å². The van der Waals surface area contributed by atoms with Gasteiger partial charge in [0.2, 0.25) is 0 Å². The molecule has 0 bridgehead atoms. The summed E-state index contributed by atoms with van der Waals surface area (Å²) in [6.45, 7) is 1.67. The van der Waals surface area contributed by atoms with Crippen LogP contribution in [0.5, 0.6) is 17.4 Å². The monoisotopic (exact) mass is 553 g/mol. The Bertz CT molecular complexity index is 1510. The van der Waals surface area contributed by atoms with Crippen LogP contribution in [0.2, 0.25) is 0 Å². The highest BCUT2D eigenvalue weighted by Gasteiger charge is 2.44. The fourth-order valence-electron chi connectivity index (χ4n) is 4.14. The Balaban J connectivity index is 1.66. The minimum atomic E-state index is -3.69. The predicted octanol–water partition coefficient (Wildman–Crippen LogP) is 2.89. The quantitative estimate of drug-likeness (QED) is 0.355. The number of para-hydroxylation sites is 1. The van der Waals surface area contributed by atoms with Gasteiger partial charge in [0, 0.05) is 6.26 Å². The van der Waals surface area contributed by atoms with Gasteiger partial charge in [-0.05, 0) is 43.3 Å². The zero-order chi connectivity index (χ0) is 28.2. The molecule has 3 amide bonds. The molecule has 2 heterocycles. The third-order valence-corrected chi connectivity index (χ3v) is 6.72. The van der Waals surface area contributed by atoms with Crippen LogP contribution in [0.3, 0.4) is 0 Å². The van der Waals surface area contributed by atoms with Crippen molar-refractivity contribution in [2.75, 3.05) is 37.6 Å². The molecule has 0 saturated carbocycles. The van der Waals surface area contributed by atoms with E-state index >= 15 is 0 Å². The average Bonchev–Trinajstić information content (AvgIpc) is 3.16. The lowest BCUT2D eigenvalue weighted by atomic mass is 10.1. The van der Waals surface area contributed by atoms with Crippen molar-refractivity contribution in [3.8, 4) is 17.4 Å². The van der Waals surface area contributed by atoms with Crippen molar-refractivity contribution in [2.24, 2.45) is 0 Å². The molecule has 1 N–H and O–H groups in total. The van der Waals surface area contributed by atoms with Gasteiger partial charge in [-0.1, -0.05) is 24.3 Å². The summed E-state index contributed by atoms with van der Waals surface area (Å²) in [5.74, 6) is -1.70. The van der Waals surface area contributed by atoms with Crippen molar-refractivity contribution >= 4 is 33.2 Å². The van der Waals surface area contributed by atoms with Crippen molar-refractivity contribution in [2.45, 2.75) is 13.0 Å². The topological polar surface area (TPSA) is 141 Å². The van der Waals surface area contributed by atoms with Crippen LogP contribution in [-0.2, 0) is 14.6 Å². The van der Waals surface area contributed by atoms with Crippen LogP contribution in [0.25, 0.3) is 0 Å². The third kappa shape index (κ3) is 6.17. The van der Waals surface area contributed by atoms with Crippen LogP contribution >= 0.6 is 0 Å². The van der Waals surface area contributed by atoms with Crippen molar-refractivity contribution in [1.82, 2.24) is 9.88 Å². The van der Waals surface area contributed by atoms with Gasteiger partial charge in [0.05, 0.1) is 48.0 Å². The Hall–Kier alpha value is -4.45. The molecule has 0 saturated heterocycles. The van der Waals surface area contributed by atoms with E-state index < -0.39 is 39.4 Å². The molecular formula is C27H27N3O8S. The van der Waals surface area contributed by atoms with E-state index in [1.54, 1.807) is 31.2 Å². The molecular weight excluding hydrogens is 526 g/mol. The maximum atomic E-state index is 13.7. The molecule has 12 heteroatoms. The van der Waals surface area contributed by atoms with E-state index in [0.29, 0.717) is 11.5 Å². The van der Waals surface area contributed by atoms with Gasteiger partial charge in [-0.25, -0.2) is 13.4 Å². The van der Waals surface area contributed by atoms with E-state index in [-0.39, 0.29) is 41.6 Å². The Kier molecular flexibility index (Phi) is 8.15. The molecule has 2 aromatic carbocycles. The normalized spacial score (nSPS) is 13.6. The molecule has 39 heavy (non-hydrogen) atoms. The first-order valence-corrected chi connectivity index (χ1v) is 14.0. The second-order valence-corrected chi connectivity index (χ2v) is 10.8. The fraction of sp³-hybridized carbons (Fsp3) is 0.259. The number of benzene rings is 2. The molecule has 3 aromatic rings. The van der Waals surface area contributed by atoms with Crippen LogP contribution in [0.15, 0.2) is 60.7 Å². The van der Waals surface area contributed by atoms with Crippen LogP contribution in [0.4, 0.5) is 5.69 Å². The number of carbonyl (C=O) groups is 3. The smallest absolute Gasteiger partial charge is 0.264 e. The maximum absolute atomic E-state index is 13.7. The Morgan fingerprint density at radius 1 is 1.00 bits per heavy atom. The van der Waals surface area contributed by atoms with Crippen LogP contribution in [0.1, 0.15) is 39.4 Å². The van der Waals surface area contributed by atoms with Crippen molar-refractivity contribution in [3.63, 3.8) is 0 Å². The molecule has 1 aromatic heterocycles. The summed E-state index contributed by atoms with van der Waals surface area (Å²) in [7, 11) is -2.26. The fourth-order valence-corrected chi connectivity index (χ4v) is 5.04. The van der Waals surface area contributed by atoms with Gasteiger partial charge in [-0.15, -0.1) is 0 Å². The summed E-state index contributed by atoms with van der Waals surface area (Å²) in [4.78, 5) is 45.0. The number of amides is 3. The van der Waals surface area contributed by atoms with Gasteiger partial charge >= 0.3 is 0 Å². The highest BCUT2D eigenvalue weighted by Crippen LogP contribution is 2.37. The van der Waals surface area contributed by atoms with Crippen molar-refractivity contribution in [1.29, 1.82) is 0 Å². The molecule has 204 valence electrons. The van der Waals surface area contributed by atoms with Crippen molar-refractivity contribution < 1.29 is 37.0 Å². The van der Waals surface area contributed by atoms with E-state index in [9.17, 15) is 22.8 Å². The van der Waals surface area contributed by atoms with Crippen LogP contribution in [-0.4, -0.2) is 68.4 Å². The number of aromatic nitrogens is 1. The number of methoxy groups -OCH3 is 1. The minimum absolute atomic E-state index is 0.0267. The molecule has 1 aliphatic rings. The predicted molar refractivity (Wildman–Crippen MR) is 142 cm³/mol. The second-order valence-electron chi connectivity index (χ2n) is 8.64. The molecule has 4 rings (SSSR count). The first-order valence-electron chi connectivity index (χ1n) is 12.0. The number of fused-ring (bicyclic) bond motifs is 1. The maximum Gasteiger partial charge on any atom is 0.264 e. The number of hydrogen-bond acceptors (Lipinski definition) is 9. The molecule has 0 spiro atoms. The van der Waals surface area contributed by atoms with E-state index in [0.717, 1.165) is 11.2 Å². The first kappa shape index (κ1) is 27.6. The van der Waals surface area contributed by atoms with Gasteiger partial charge < -0.3 is 19.5 Å². The average molecular weight is 554 g/mol. The van der Waals surface area contributed by atoms with Gasteiger partial charge in [-0.2, -0.15) is 0 Å². The van der Waals surface area contributed by atoms with Crippen LogP contribution < -0.4 is 19.5 Å². The Labute approximate surface area is 225 Å². The number of carbonyl (C=O) groups excluding carboxylic acids is 3. The van der Waals surface area contributed by atoms with E-state index in [1.165, 1.54) is 37.4 Å². The Morgan fingerprint density at radius 2 is 1.74 bits per heavy atom. The highest BCUT2D eigenvalue weighted by atomic mass is 32.2. The zero-order valence-electron chi connectivity index (χ0n) is 21.5. The summed E-state index contributed by atoms with van der Waals surface area (Å²) in [5, 5.41) is 2.62. The summed E-state index contributed by atoms with van der Waals surface area (Å²) < 4.78 is 41.0. The number of sulfone groups is 1. The Morgan fingerprint density at radius 3 is 2.41 bits per heavy atom. The molecule has 1 atom stereocenters. The molecule has 0 fully saturated rings. The molecule has 0 radical (unpaired) electrons. The van der Waals surface area contributed by atoms with Crippen LogP contribution in [0, 0.1) is 0 Å². The number of anilines is 1. The van der Waals surface area contributed by atoms with Gasteiger partial charge in [0.1, 0.15) is 15.6 Å². The summed E-state index contributed by atoms with van der Waals surface area (Å²) in [6, 6.07) is 14.9. The second kappa shape index (κ2) is 11.5. The molecule has 0 aliphatic carbocycles. The molecule has 11 nitrogen and oxygen atoms in total. The van der Waals surface area contributed by atoms with Gasteiger partial charge in [-0.3, -0.25) is 19.3 Å². The van der Waals surface area contributed by atoms with E-state index in [1.807, 2.05) is 6.07 Å². The summed E-state index contributed by atoms with van der Waals surface area (Å²) in [6.07, 6.45) is 1.00.